The summed E-state index contributed by atoms with van der Waals surface area (Å²) < 4.78 is 28.2. The number of rotatable bonds is 5. The molecule has 1 N–H and O–H groups in total. The van der Waals surface area contributed by atoms with Crippen LogP contribution in [0.4, 0.5) is 8.78 Å². The summed E-state index contributed by atoms with van der Waals surface area (Å²) in [6.07, 6.45) is 0.356. The molecule has 2 aromatic carbocycles. The van der Waals surface area contributed by atoms with Crippen LogP contribution in [-0.2, 0) is 6.42 Å². The number of benzene rings is 2. The lowest BCUT2D eigenvalue weighted by Gasteiger charge is -2.20. The van der Waals surface area contributed by atoms with Crippen LogP contribution < -0.4 is 5.32 Å². The van der Waals surface area contributed by atoms with Crippen LogP contribution >= 0.6 is 27.5 Å². The Balaban J connectivity index is 2.35. The fourth-order valence-electron chi connectivity index (χ4n) is 2.26. The maximum Gasteiger partial charge on any atom is 0.127 e. The lowest BCUT2D eigenvalue weighted by Crippen LogP contribution is -2.23. The van der Waals surface area contributed by atoms with E-state index >= 15 is 0 Å². The molecule has 0 aliphatic rings. The molecule has 5 heteroatoms. The molecule has 21 heavy (non-hydrogen) atoms. The normalized spacial score (nSPS) is 12.4. The Labute approximate surface area is 136 Å². The molecule has 0 saturated heterocycles. The molecule has 2 rings (SSSR count). The van der Waals surface area contributed by atoms with Crippen molar-refractivity contribution in [3.8, 4) is 0 Å². The number of halogens is 4. The summed E-state index contributed by atoms with van der Waals surface area (Å²) in [6.45, 7) is 2.63. The van der Waals surface area contributed by atoms with Crippen LogP contribution in [0.2, 0.25) is 5.02 Å². The van der Waals surface area contributed by atoms with Gasteiger partial charge in [0.15, 0.2) is 0 Å². The zero-order valence-corrected chi connectivity index (χ0v) is 13.8. The van der Waals surface area contributed by atoms with Crippen molar-refractivity contribution < 1.29 is 8.78 Å². The van der Waals surface area contributed by atoms with E-state index in [-0.39, 0.29) is 17.7 Å². The van der Waals surface area contributed by atoms with Crippen molar-refractivity contribution in [2.24, 2.45) is 0 Å². The maximum atomic E-state index is 13.9. The number of likely N-dealkylation sites (N-methyl/N-ethyl adjacent to an activating group) is 1. The van der Waals surface area contributed by atoms with Crippen LogP contribution in [0.5, 0.6) is 0 Å². The first kappa shape index (κ1) is 16.4. The molecular formula is C16H15BrClF2N. The topological polar surface area (TPSA) is 12.0 Å². The van der Waals surface area contributed by atoms with Crippen molar-refractivity contribution in [1.29, 1.82) is 0 Å². The predicted octanol–water partition coefficient (Wildman–Crippen LogP) is 5.27. The molecule has 0 radical (unpaired) electrons. The molecule has 112 valence electrons. The van der Waals surface area contributed by atoms with E-state index in [1.807, 2.05) is 13.0 Å². The Hall–Kier alpha value is -0.970. The third kappa shape index (κ3) is 4.25. The average molecular weight is 375 g/mol. The maximum absolute atomic E-state index is 13.9. The first-order valence-corrected chi connectivity index (χ1v) is 7.80. The minimum absolute atomic E-state index is 0.212. The Morgan fingerprint density at radius 1 is 1.24 bits per heavy atom. The van der Waals surface area contributed by atoms with E-state index in [0.717, 1.165) is 5.56 Å². The SMILES string of the molecule is CCNC(Cc1c(F)cccc1Cl)c1cc(F)cc(Br)c1. The molecule has 0 bridgehead atoms. The number of hydrogen-bond donors (Lipinski definition) is 1. The first-order chi connectivity index (χ1) is 10.0. The summed E-state index contributed by atoms with van der Waals surface area (Å²) in [4.78, 5) is 0. The molecule has 0 amide bonds. The summed E-state index contributed by atoms with van der Waals surface area (Å²) in [5, 5.41) is 3.63. The largest absolute Gasteiger partial charge is 0.310 e. The second-order valence-electron chi connectivity index (χ2n) is 4.72. The van der Waals surface area contributed by atoms with Crippen molar-refractivity contribution in [3.05, 3.63) is 68.7 Å². The van der Waals surface area contributed by atoms with Gasteiger partial charge in [0.2, 0.25) is 0 Å². The molecule has 0 aromatic heterocycles. The molecule has 0 fully saturated rings. The van der Waals surface area contributed by atoms with E-state index in [1.54, 1.807) is 12.1 Å². The highest BCUT2D eigenvalue weighted by Gasteiger charge is 2.17. The van der Waals surface area contributed by atoms with Gasteiger partial charge in [-0.3, -0.25) is 0 Å². The molecule has 1 atom stereocenters. The van der Waals surface area contributed by atoms with Gasteiger partial charge >= 0.3 is 0 Å². The van der Waals surface area contributed by atoms with Crippen molar-refractivity contribution in [2.45, 2.75) is 19.4 Å². The van der Waals surface area contributed by atoms with Gasteiger partial charge in [-0.2, -0.15) is 0 Å². The highest BCUT2D eigenvalue weighted by Crippen LogP contribution is 2.27. The first-order valence-electron chi connectivity index (χ1n) is 6.63. The van der Waals surface area contributed by atoms with E-state index in [4.69, 9.17) is 11.6 Å². The van der Waals surface area contributed by atoms with Crippen molar-refractivity contribution in [1.82, 2.24) is 5.32 Å². The molecule has 0 spiro atoms. The molecule has 1 nitrogen and oxygen atoms in total. The van der Waals surface area contributed by atoms with Crippen molar-refractivity contribution >= 4 is 27.5 Å². The van der Waals surface area contributed by atoms with Crippen LogP contribution in [0.3, 0.4) is 0 Å². The summed E-state index contributed by atoms with van der Waals surface area (Å²) in [7, 11) is 0. The second-order valence-corrected chi connectivity index (χ2v) is 6.04. The van der Waals surface area contributed by atoms with Crippen LogP contribution in [-0.4, -0.2) is 6.54 Å². The van der Waals surface area contributed by atoms with E-state index in [1.165, 1.54) is 18.2 Å². The van der Waals surface area contributed by atoms with Crippen molar-refractivity contribution in [3.63, 3.8) is 0 Å². The monoisotopic (exact) mass is 373 g/mol. The number of nitrogens with one attached hydrogen (secondary N) is 1. The van der Waals surface area contributed by atoms with Gasteiger partial charge in [-0.1, -0.05) is 40.5 Å². The fraction of sp³-hybridized carbons (Fsp3) is 0.250. The van der Waals surface area contributed by atoms with E-state index in [0.29, 0.717) is 28.0 Å². The summed E-state index contributed by atoms with van der Waals surface area (Å²) >= 11 is 9.35. The smallest absolute Gasteiger partial charge is 0.127 e. The van der Waals surface area contributed by atoms with Crippen molar-refractivity contribution in [2.75, 3.05) is 6.54 Å². The van der Waals surface area contributed by atoms with E-state index in [2.05, 4.69) is 21.2 Å². The minimum Gasteiger partial charge on any atom is -0.310 e. The predicted molar refractivity (Wildman–Crippen MR) is 85.6 cm³/mol. The van der Waals surface area contributed by atoms with Gasteiger partial charge in [-0.25, -0.2) is 8.78 Å². The van der Waals surface area contributed by atoms with Gasteiger partial charge in [0.05, 0.1) is 0 Å². The molecule has 0 saturated carbocycles. The van der Waals surface area contributed by atoms with E-state index in [9.17, 15) is 8.78 Å². The summed E-state index contributed by atoms with van der Waals surface area (Å²) in [5.41, 5.74) is 1.19. The Kier molecular flexibility index (Phi) is 5.73. The molecule has 0 heterocycles. The fourth-order valence-corrected chi connectivity index (χ4v) is 2.99. The van der Waals surface area contributed by atoms with Gasteiger partial charge in [-0.15, -0.1) is 0 Å². The molecule has 1 unspecified atom stereocenters. The highest BCUT2D eigenvalue weighted by molar-refractivity contribution is 9.10. The summed E-state index contributed by atoms with van der Waals surface area (Å²) in [6, 6.07) is 9.07. The molecule has 0 aliphatic carbocycles. The highest BCUT2D eigenvalue weighted by atomic mass is 79.9. The zero-order chi connectivity index (χ0) is 15.4. The van der Waals surface area contributed by atoms with Crippen LogP contribution in [0.1, 0.15) is 24.1 Å². The quantitative estimate of drug-likeness (QED) is 0.751. The van der Waals surface area contributed by atoms with Crippen LogP contribution in [0.15, 0.2) is 40.9 Å². The Morgan fingerprint density at radius 3 is 2.62 bits per heavy atom. The second kappa shape index (κ2) is 7.34. The van der Waals surface area contributed by atoms with Gasteiger partial charge in [0.1, 0.15) is 11.6 Å². The van der Waals surface area contributed by atoms with Crippen LogP contribution in [0, 0.1) is 11.6 Å². The molecule has 0 aliphatic heterocycles. The molecular weight excluding hydrogens is 360 g/mol. The van der Waals surface area contributed by atoms with Gasteiger partial charge in [0, 0.05) is 21.1 Å². The average Bonchev–Trinajstić information content (AvgIpc) is 2.40. The number of hydrogen-bond acceptors (Lipinski definition) is 1. The minimum atomic E-state index is -0.346. The standard InChI is InChI=1S/C16H15BrClF2N/c1-2-21-16(10-6-11(17)8-12(19)7-10)9-13-14(18)4-3-5-15(13)20/h3-8,16,21H,2,9H2,1H3. The zero-order valence-electron chi connectivity index (χ0n) is 11.5. The van der Waals surface area contributed by atoms with Crippen LogP contribution in [0.25, 0.3) is 0 Å². The molecule has 2 aromatic rings. The van der Waals surface area contributed by atoms with E-state index < -0.39 is 0 Å². The summed E-state index contributed by atoms with van der Waals surface area (Å²) in [5.74, 6) is -0.678. The third-order valence-electron chi connectivity index (χ3n) is 3.21. The lowest BCUT2D eigenvalue weighted by molar-refractivity contribution is 0.523. The third-order valence-corrected chi connectivity index (χ3v) is 4.02. The lowest BCUT2D eigenvalue weighted by atomic mass is 9.98. The Morgan fingerprint density at radius 2 is 2.00 bits per heavy atom. The van der Waals surface area contributed by atoms with Gasteiger partial charge < -0.3 is 5.32 Å². The van der Waals surface area contributed by atoms with Gasteiger partial charge in [-0.05, 0) is 48.9 Å². The Bertz CT molecular complexity index is 593. The van der Waals surface area contributed by atoms with Gasteiger partial charge in [0.25, 0.3) is 0 Å².